The molecule has 7 heteroatoms. The van der Waals surface area contributed by atoms with Crippen molar-refractivity contribution in [3.8, 4) is 0 Å². The lowest BCUT2D eigenvalue weighted by Gasteiger charge is -2.27. The number of aryl methyl sites for hydroxylation is 1. The van der Waals surface area contributed by atoms with E-state index in [9.17, 15) is 8.78 Å². The van der Waals surface area contributed by atoms with Crippen LogP contribution in [0.3, 0.4) is 0 Å². The Morgan fingerprint density at radius 1 is 0.873 bits per heavy atom. The minimum Gasteiger partial charge on any atom is -0.467 e. The van der Waals surface area contributed by atoms with Crippen molar-refractivity contribution in [1.29, 1.82) is 0 Å². The summed E-state index contributed by atoms with van der Waals surface area (Å²) in [5.41, 5.74) is 4.56. The van der Waals surface area contributed by atoms with Crippen LogP contribution in [0.2, 0.25) is 0 Å². The number of halogens is 2. The fraction of sp³-hybridized carbons (Fsp3) is 0.750. The van der Waals surface area contributed by atoms with E-state index in [1.165, 1.54) is 36.8 Å². The first-order valence-electron chi connectivity index (χ1n) is 25.8. The topological polar surface area (TPSA) is 40.4 Å². The molecule has 3 rings (SSSR count). The van der Waals surface area contributed by atoms with Gasteiger partial charge in [0, 0.05) is 31.9 Å². The van der Waals surface area contributed by atoms with Gasteiger partial charge in [0.2, 0.25) is 0 Å². The second kappa shape index (κ2) is 47.2. The number of rotatable bonds is 16. The molecule has 0 bridgehead atoms. The number of unbranched alkanes of at least 4 members (excludes halogenated alkanes) is 1. The molecule has 1 aliphatic heterocycles. The highest BCUT2D eigenvalue weighted by Gasteiger charge is 2.27. The molecule has 1 heterocycles. The smallest absolute Gasteiger partial charge is 0.318 e. The number of hydrogen-bond donors (Lipinski definition) is 0. The van der Waals surface area contributed by atoms with Gasteiger partial charge in [0.25, 0.3) is 0 Å². The Bertz CT molecular complexity index is 1310. The maximum atomic E-state index is 13.4. The molecule has 1 saturated carbocycles. The normalized spacial score (nSPS) is 17.6. The number of amidine groups is 1. The Labute approximate surface area is 393 Å². The quantitative estimate of drug-likeness (QED) is 0.155. The number of nitrogens with zero attached hydrogens (tertiary/aromatic N) is 4. The molecular formula is C56H108F2N4O. The Morgan fingerprint density at radius 2 is 1.44 bits per heavy atom. The van der Waals surface area contributed by atoms with Crippen LogP contribution in [0.4, 0.5) is 8.78 Å². The number of allylic oxidation sites excluding steroid dienone is 4. The van der Waals surface area contributed by atoms with Gasteiger partial charge in [-0.1, -0.05) is 173 Å². The van der Waals surface area contributed by atoms with E-state index < -0.39 is 6.17 Å². The third kappa shape index (κ3) is 35.2. The Kier molecular flexibility index (Phi) is 51.8. The van der Waals surface area contributed by atoms with E-state index in [-0.39, 0.29) is 11.2 Å². The van der Waals surface area contributed by atoms with E-state index in [1.54, 1.807) is 13.2 Å². The van der Waals surface area contributed by atoms with Crippen LogP contribution in [-0.4, -0.2) is 68.0 Å². The lowest BCUT2D eigenvalue weighted by atomic mass is 9.79. The van der Waals surface area contributed by atoms with Crippen molar-refractivity contribution in [3.63, 3.8) is 0 Å². The van der Waals surface area contributed by atoms with Crippen LogP contribution < -0.4 is 0 Å². The van der Waals surface area contributed by atoms with Crippen molar-refractivity contribution in [1.82, 2.24) is 9.80 Å². The highest BCUT2D eigenvalue weighted by Crippen LogP contribution is 2.38. The summed E-state index contributed by atoms with van der Waals surface area (Å²) < 4.78 is 31.8. The maximum Gasteiger partial charge on any atom is 0.318 e. The molecule has 2 aliphatic rings. The molecule has 0 N–H and O–H groups in total. The summed E-state index contributed by atoms with van der Waals surface area (Å²) in [6.07, 6.45) is 21.1. The van der Waals surface area contributed by atoms with Gasteiger partial charge < -0.3 is 14.5 Å². The first kappa shape index (κ1) is 69.2. The minimum absolute atomic E-state index is 0.0833. The van der Waals surface area contributed by atoms with Gasteiger partial charge in [0.15, 0.2) is 0 Å². The van der Waals surface area contributed by atoms with Crippen LogP contribution >= 0.6 is 0 Å². The molecule has 1 aromatic carbocycles. The fourth-order valence-electron chi connectivity index (χ4n) is 6.15. The summed E-state index contributed by atoms with van der Waals surface area (Å²) in [4.78, 5) is 13.8. The van der Waals surface area contributed by atoms with Gasteiger partial charge in [-0.2, -0.15) is 4.99 Å². The molecule has 0 saturated heterocycles. The van der Waals surface area contributed by atoms with E-state index >= 15 is 0 Å². The zero-order chi connectivity index (χ0) is 49.8. The van der Waals surface area contributed by atoms with Crippen LogP contribution in [-0.2, 0) is 17.6 Å². The summed E-state index contributed by atoms with van der Waals surface area (Å²) >= 11 is 0. The molecule has 1 aliphatic carbocycles. The molecule has 0 aromatic heterocycles. The van der Waals surface area contributed by atoms with Crippen molar-refractivity contribution in [2.45, 2.75) is 222 Å². The molecule has 372 valence electrons. The van der Waals surface area contributed by atoms with Gasteiger partial charge in [0.05, 0.1) is 7.11 Å². The zero-order valence-electron chi connectivity index (χ0n) is 46.0. The van der Waals surface area contributed by atoms with E-state index in [1.807, 2.05) is 88.3 Å². The summed E-state index contributed by atoms with van der Waals surface area (Å²) in [7, 11) is 3.76. The average molecular weight is 892 g/mol. The number of methoxy groups -OCH3 is 1. The predicted molar refractivity (Wildman–Crippen MR) is 284 cm³/mol. The third-order valence-electron chi connectivity index (χ3n) is 10.7. The molecule has 0 spiro atoms. The minimum atomic E-state index is -0.597. The molecule has 1 aromatic rings. The first-order chi connectivity index (χ1) is 30.2. The first-order valence-corrected chi connectivity index (χ1v) is 25.8. The second-order valence-corrected chi connectivity index (χ2v) is 15.7. The van der Waals surface area contributed by atoms with Crippen molar-refractivity contribution in [2.24, 2.45) is 27.2 Å². The molecule has 1 unspecified atom stereocenters. The number of aliphatic imine (C=N–C) groups is 2. The van der Waals surface area contributed by atoms with Gasteiger partial charge >= 0.3 is 6.02 Å². The maximum absolute atomic E-state index is 13.4. The highest BCUT2D eigenvalue weighted by atomic mass is 19.1. The standard InChI is InChI=1S/C18H23F.C16H30N4O.C10H21F.C4H10.4C2H6/c1-3-6-16(17-10-11-17)8-5-7-14-9-12-18(19)15(4-2)13-14;1-7-10-20(8-2)15-13(3)9-11-19(5)12-14(4)17-16(18-15)21-6;1-5-9(11)8-10(4,6-2)7-3;1-3-4-2;4*1-2/h3,5-6,8-9,12-13,16-17H,4,7,10-11H2,1-2H3;7-12H2,1-6H3;9H,5-8H2,1-4H3;3-4H2,1-2H3;4*1-2H3/b;15-13-,17-14+,18-16+;;;;;;/t;;9-;;;;;/m..0...../s1. The van der Waals surface area contributed by atoms with E-state index in [4.69, 9.17) is 9.73 Å². The average Bonchev–Trinajstić information content (AvgIpc) is 4.18. The van der Waals surface area contributed by atoms with E-state index in [2.05, 4.69) is 108 Å². The number of ether oxygens (including phenoxy) is 1. The zero-order valence-corrected chi connectivity index (χ0v) is 46.0. The van der Waals surface area contributed by atoms with E-state index in [0.29, 0.717) is 18.4 Å². The Hall–Kier alpha value is -2.80. The molecule has 0 radical (unpaired) electrons. The van der Waals surface area contributed by atoms with Gasteiger partial charge in [0.1, 0.15) is 17.8 Å². The van der Waals surface area contributed by atoms with Gasteiger partial charge in [-0.05, 0) is 126 Å². The molecule has 0 amide bonds. The molecule has 2 atom stereocenters. The second-order valence-electron chi connectivity index (χ2n) is 15.7. The van der Waals surface area contributed by atoms with Crippen molar-refractivity contribution >= 4 is 11.7 Å². The van der Waals surface area contributed by atoms with Gasteiger partial charge in [-0.25, -0.2) is 13.8 Å². The summed E-state index contributed by atoms with van der Waals surface area (Å²) in [5.74, 6) is 2.38. The van der Waals surface area contributed by atoms with E-state index in [0.717, 1.165) is 94.1 Å². The summed E-state index contributed by atoms with van der Waals surface area (Å²) in [6, 6.07) is 5.92. The van der Waals surface area contributed by atoms with Crippen LogP contribution in [0.15, 0.2) is 63.9 Å². The van der Waals surface area contributed by atoms with Crippen LogP contribution in [0.25, 0.3) is 0 Å². The molecular weight excluding hydrogens is 783 g/mol. The molecule has 1 fully saturated rings. The Balaban J connectivity index is -0.000000244. The number of hydrogen-bond acceptors (Lipinski definition) is 5. The largest absolute Gasteiger partial charge is 0.467 e. The highest BCUT2D eigenvalue weighted by molar-refractivity contribution is 5.95. The molecule has 5 nitrogen and oxygen atoms in total. The lowest BCUT2D eigenvalue weighted by Crippen LogP contribution is -2.29. The summed E-state index contributed by atoms with van der Waals surface area (Å²) in [6.45, 7) is 45.2. The number of benzene rings is 1. The SMILES string of the molecule is CC.CC.CC.CC.CC=CC(C=CCc1ccc(F)c(CC)c1)C1CC1.CCCC.CCCN(CC)C1=C(/C)CCN(C)C/C(C)=N/C(OC)=N\1.CC[C@H](F)CC(C)(CC)CC. The monoisotopic (exact) mass is 891 g/mol. The molecule has 63 heavy (non-hydrogen) atoms. The van der Waals surface area contributed by atoms with Crippen LogP contribution in [0.1, 0.15) is 214 Å². The van der Waals surface area contributed by atoms with Crippen LogP contribution in [0, 0.1) is 23.1 Å². The van der Waals surface area contributed by atoms with Gasteiger partial charge in [-0.3, -0.25) is 0 Å². The van der Waals surface area contributed by atoms with Gasteiger partial charge in [-0.15, -0.1) is 0 Å². The third-order valence-corrected chi connectivity index (χ3v) is 10.7. The van der Waals surface area contributed by atoms with Crippen molar-refractivity contribution in [2.75, 3.05) is 40.3 Å². The lowest BCUT2D eigenvalue weighted by molar-refractivity contribution is 0.175. The van der Waals surface area contributed by atoms with Crippen molar-refractivity contribution < 1.29 is 13.5 Å². The summed E-state index contributed by atoms with van der Waals surface area (Å²) in [5, 5.41) is 0. The van der Waals surface area contributed by atoms with Crippen molar-refractivity contribution in [3.05, 3.63) is 70.8 Å². The fourth-order valence-corrected chi connectivity index (χ4v) is 6.15. The predicted octanol–water partition coefficient (Wildman–Crippen LogP) is 17.7. The number of alkyl halides is 1. The van der Waals surface area contributed by atoms with Crippen LogP contribution in [0.5, 0.6) is 0 Å². The Morgan fingerprint density at radius 3 is 1.87 bits per heavy atom.